The largest absolute Gasteiger partial charge is 0.481 e. The first kappa shape index (κ1) is 13.1. The van der Waals surface area contributed by atoms with Crippen molar-refractivity contribution < 1.29 is 14.7 Å². The van der Waals surface area contributed by atoms with E-state index in [9.17, 15) is 9.59 Å². The van der Waals surface area contributed by atoms with Crippen molar-refractivity contribution in [2.75, 3.05) is 0 Å². The zero-order chi connectivity index (χ0) is 12.7. The van der Waals surface area contributed by atoms with Crippen LogP contribution in [0.5, 0.6) is 0 Å². The van der Waals surface area contributed by atoms with Gasteiger partial charge in [0, 0.05) is 31.8 Å². The number of aliphatic carboxylic acids is 1. The molecule has 0 fully saturated rings. The molecule has 1 aromatic rings. The van der Waals surface area contributed by atoms with Gasteiger partial charge < -0.3 is 10.4 Å². The normalized spacial score (nSPS) is 11.8. The Bertz CT molecular complexity index is 381. The molecule has 6 heteroatoms. The molecule has 0 aromatic carbocycles. The van der Waals surface area contributed by atoms with E-state index >= 15 is 0 Å². The Labute approximate surface area is 99.1 Å². The second kappa shape index (κ2) is 6.57. The van der Waals surface area contributed by atoms with Gasteiger partial charge in [0.15, 0.2) is 0 Å². The van der Waals surface area contributed by atoms with Gasteiger partial charge in [-0.2, -0.15) is 0 Å². The Morgan fingerprint density at radius 2 is 2.06 bits per heavy atom. The summed E-state index contributed by atoms with van der Waals surface area (Å²) in [5, 5.41) is 11.4. The summed E-state index contributed by atoms with van der Waals surface area (Å²) in [6, 6.07) is -0.199. The summed E-state index contributed by atoms with van der Waals surface area (Å²) in [5.74, 6) is -1.04. The maximum absolute atomic E-state index is 11.0. The van der Waals surface area contributed by atoms with E-state index in [4.69, 9.17) is 5.11 Å². The summed E-state index contributed by atoms with van der Waals surface area (Å²) >= 11 is 0. The number of hydrogen-bond donors (Lipinski definition) is 2. The highest BCUT2D eigenvalue weighted by molar-refractivity contribution is 5.73. The van der Waals surface area contributed by atoms with Crippen LogP contribution in [0, 0.1) is 0 Å². The second-order valence-corrected chi connectivity index (χ2v) is 3.78. The summed E-state index contributed by atoms with van der Waals surface area (Å²) in [6.45, 7) is 1.41. The molecule has 0 saturated heterocycles. The molecule has 1 heterocycles. The van der Waals surface area contributed by atoms with Crippen LogP contribution < -0.4 is 5.32 Å². The Balaban J connectivity index is 2.56. The van der Waals surface area contributed by atoms with Gasteiger partial charge in [-0.05, 0) is 18.4 Å². The number of amides is 1. The maximum atomic E-state index is 11.0. The Morgan fingerprint density at radius 3 is 2.59 bits per heavy atom. The Morgan fingerprint density at radius 1 is 1.41 bits per heavy atom. The van der Waals surface area contributed by atoms with Gasteiger partial charge in [0.2, 0.25) is 5.91 Å². The molecule has 2 N–H and O–H groups in total. The third-order valence-electron chi connectivity index (χ3n) is 2.21. The van der Waals surface area contributed by atoms with Crippen LogP contribution in [-0.4, -0.2) is 33.0 Å². The molecule has 0 aliphatic rings. The van der Waals surface area contributed by atoms with Crippen molar-refractivity contribution in [2.24, 2.45) is 0 Å². The van der Waals surface area contributed by atoms with E-state index in [2.05, 4.69) is 15.3 Å². The SMILES string of the molecule is CC(=O)NC(CCC(=O)O)Cc1cncnc1. The van der Waals surface area contributed by atoms with Gasteiger partial charge in [0.1, 0.15) is 6.33 Å². The van der Waals surface area contributed by atoms with Crippen LogP contribution in [0.1, 0.15) is 25.3 Å². The average molecular weight is 237 g/mol. The number of nitrogens with one attached hydrogen (secondary N) is 1. The fraction of sp³-hybridized carbons (Fsp3) is 0.455. The molecular formula is C11H15N3O3. The molecule has 0 aliphatic heterocycles. The van der Waals surface area contributed by atoms with E-state index in [-0.39, 0.29) is 18.4 Å². The number of hydrogen-bond acceptors (Lipinski definition) is 4. The summed E-state index contributed by atoms with van der Waals surface area (Å²) in [6.07, 6.45) is 5.69. The first-order valence-corrected chi connectivity index (χ1v) is 5.30. The molecule has 0 aliphatic carbocycles. The molecule has 1 amide bonds. The first-order chi connectivity index (χ1) is 8.08. The zero-order valence-electron chi connectivity index (χ0n) is 9.59. The molecule has 0 radical (unpaired) electrons. The lowest BCUT2D eigenvalue weighted by Crippen LogP contribution is -2.35. The van der Waals surface area contributed by atoms with Crippen LogP contribution in [0.25, 0.3) is 0 Å². The summed E-state index contributed by atoms with van der Waals surface area (Å²) < 4.78 is 0. The van der Waals surface area contributed by atoms with E-state index < -0.39 is 5.97 Å². The highest BCUT2D eigenvalue weighted by atomic mass is 16.4. The second-order valence-electron chi connectivity index (χ2n) is 3.78. The smallest absolute Gasteiger partial charge is 0.303 e. The lowest BCUT2D eigenvalue weighted by atomic mass is 10.0. The van der Waals surface area contributed by atoms with Gasteiger partial charge in [0.05, 0.1) is 0 Å². The van der Waals surface area contributed by atoms with Gasteiger partial charge in [0.25, 0.3) is 0 Å². The number of carbonyl (C=O) groups excluding carboxylic acids is 1. The van der Waals surface area contributed by atoms with Gasteiger partial charge in [-0.1, -0.05) is 0 Å². The lowest BCUT2D eigenvalue weighted by Gasteiger charge is -2.16. The topological polar surface area (TPSA) is 92.2 Å². The quantitative estimate of drug-likeness (QED) is 0.746. The van der Waals surface area contributed by atoms with Gasteiger partial charge >= 0.3 is 5.97 Å². The molecule has 0 bridgehead atoms. The molecule has 92 valence electrons. The average Bonchev–Trinajstić information content (AvgIpc) is 2.26. The molecule has 1 atom stereocenters. The number of rotatable bonds is 6. The molecule has 6 nitrogen and oxygen atoms in total. The number of carboxylic acid groups (broad SMARTS) is 1. The molecule has 1 unspecified atom stereocenters. The van der Waals surface area contributed by atoms with Crippen molar-refractivity contribution in [3.05, 3.63) is 24.3 Å². The Kier molecular flexibility index (Phi) is 5.06. The van der Waals surface area contributed by atoms with E-state index in [1.807, 2.05) is 0 Å². The van der Waals surface area contributed by atoms with Gasteiger partial charge in [-0.25, -0.2) is 9.97 Å². The van der Waals surface area contributed by atoms with Gasteiger partial charge in [-0.3, -0.25) is 9.59 Å². The minimum atomic E-state index is -0.871. The molecule has 0 saturated carbocycles. The third kappa shape index (κ3) is 5.60. The van der Waals surface area contributed by atoms with Crippen molar-refractivity contribution in [1.82, 2.24) is 15.3 Å². The zero-order valence-corrected chi connectivity index (χ0v) is 9.59. The van der Waals surface area contributed by atoms with Crippen LogP contribution in [0.2, 0.25) is 0 Å². The van der Waals surface area contributed by atoms with Crippen molar-refractivity contribution >= 4 is 11.9 Å². The summed E-state index contributed by atoms with van der Waals surface area (Å²) in [5.41, 5.74) is 0.872. The highest BCUT2D eigenvalue weighted by Crippen LogP contribution is 2.06. The summed E-state index contributed by atoms with van der Waals surface area (Å²) in [4.78, 5) is 29.2. The molecule has 1 aromatic heterocycles. The highest BCUT2D eigenvalue weighted by Gasteiger charge is 2.13. The van der Waals surface area contributed by atoms with E-state index in [0.717, 1.165) is 5.56 Å². The molecule has 17 heavy (non-hydrogen) atoms. The van der Waals surface area contributed by atoms with Gasteiger partial charge in [-0.15, -0.1) is 0 Å². The molecule has 1 rings (SSSR count). The predicted octanol–water partition coefficient (Wildman–Crippen LogP) is 0.389. The minimum absolute atomic E-state index is 0.0264. The van der Waals surface area contributed by atoms with Crippen LogP contribution in [0.3, 0.4) is 0 Å². The predicted molar refractivity (Wildman–Crippen MR) is 60.2 cm³/mol. The van der Waals surface area contributed by atoms with Crippen LogP contribution >= 0.6 is 0 Å². The number of aromatic nitrogens is 2. The summed E-state index contributed by atoms with van der Waals surface area (Å²) in [7, 11) is 0. The lowest BCUT2D eigenvalue weighted by molar-refractivity contribution is -0.137. The van der Waals surface area contributed by atoms with Crippen molar-refractivity contribution in [2.45, 2.75) is 32.2 Å². The number of nitrogens with zero attached hydrogens (tertiary/aromatic N) is 2. The van der Waals surface area contributed by atoms with Crippen LogP contribution in [0.15, 0.2) is 18.7 Å². The fourth-order valence-electron chi connectivity index (χ4n) is 1.53. The van der Waals surface area contributed by atoms with Crippen LogP contribution in [-0.2, 0) is 16.0 Å². The standard InChI is InChI=1S/C11H15N3O3/c1-8(15)14-10(2-3-11(16)17)4-9-5-12-7-13-6-9/h5-7,10H,2-4H2,1H3,(H,14,15)(H,16,17). The fourth-order valence-corrected chi connectivity index (χ4v) is 1.53. The van der Waals surface area contributed by atoms with E-state index in [0.29, 0.717) is 12.8 Å². The monoisotopic (exact) mass is 237 g/mol. The third-order valence-corrected chi connectivity index (χ3v) is 2.21. The molecular weight excluding hydrogens is 222 g/mol. The van der Waals surface area contributed by atoms with E-state index in [1.54, 1.807) is 12.4 Å². The minimum Gasteiger partial charge on any atom is -0.481 e. The van der Waals surface area contributed by atoms with Crippen molar-refractivity contribution in [3.63, 3.8) is 0 Å². The Hall–Kier alpha value is -1.98. The van der Waals surface area contributed by atoms with E-state index in [1.165, 1.54) is 13.3 Å². The number of carbonyl (C=O) groups is 2. The van der Waals surface area contributed by atoms with Crippen molar-refractivity contribution in [1.29, 1.82) is 0 Å². The maximum Gasteiger partial charge on any atom is 0.303 e. The van der Waals surface area contributed by atoms with Crippen LogP contribution in [0.4, 0.5) is 0 Å². The van der Waals surface area contributed by atoms with Crippen molar-refractivity contribution in [3.8, 4) is 0 Å². The molecule has 0 spiro atoms. The number of carboxylic acids is 1. The first-order valence-electron chi connectivity index (χ1n) is 5.30.